The number of rotatable bonds is 6. The zero-order valence-electron chi connectivity index (χ0n) is 13.2. The van der Waals surface area contributed by atoms with Gasteiger partial charge in [0.2, 0.25) is 5.91 Å². The van der Waals surface area contributed by atoms with Crippen molar-refractivity contribution in [2.75, 3.05) is 12.9 Å². The van der Waals surface area contributed by atoms with Gasteiger partial charge in [0.05, 0.1) is 13.2 Å². The number of ether oxygens (including phenoxy) is 1. The third-order valence-corrected chi connectivity index (χ3v) is 5.14. The van der Waals surface area contributed by atoms with Gasteiger partial charge < -0.3 is 10.1 Å². The molecule has 0 bridgehead atoms. The first-order valence-electron chi connectivity index (χ1n) is 7.90. The Hall–Kier alpha value is -1.94. The van der Waals surface area contributed by atoms with E-state index < -0.39 is 0 Å². The predicted octanol–water partition coefficient (Wildman–Crippen LogP) is 3.98. The Morgan fingerprint density at radius 3 is 2.78 bits per heavy atom. The molecule has 23 heavy (non-hydrogen) atoms. The molecule has 120 valence electrons. The summed E-state index contributed by atoms with van der Waals surface area (Å²) in [5.74, 6) is 1.77. The topological polar surface area (TPSA) is 38.3 Å². The highest BCUT2D eigenvalue weighted by atomic mass is 32.2. The average molecular weight is 327 g/mol. The van der Waals surface area contributed by atoms with Crippen LogP contribution in [0.2, 0.25) is 0 Å². The van der Waals surface area contributed by atoms with Crippen LogP contribution in [0.1, 0.15) is 30.0 Å². The molecule has 0 radical (unpaired) electrons. The third-order valence-electron chi connectivity index (χ3n) is 4.13. The lowest BCUT2D eigenvalue weighted by atomic mass is 10.1. The molecule has 1 atom stereocenters. The molecule has 0 aliphatic heterocycles. The van der Waals surface area contributed by atoms with Crippen molar-refractivity contribution in [2.24, 2.45) is 0 Å². The lowest BCUT2D eigenvalue weighted by molar-refractivity contribution is -0.121. The minimum atomic E-state index is 0.132. The van der Waals surface area contributed by atoms with Gasteiger partial charge >= 0.3 is 0 Å². The van der Waals surface area contributed by atoms with Gasteiger partial charge in [-0.3, -0.25) is 4.79 Å². The molecule has 1 N–H and O–H groups in total. The van der Waals surface area contributed by atoms with Crippen LogP contribution in [-0.2, 0) is 11.2 Å². The first kappa shape index (κ1) is 15.9. The summed E-state index contributed by atoms with van der Waals surface area (Å²) in [4.78, 5) is 13.3. The van der Waals surface area contributed by atoms with Crippen LogP contribution in [0, 0.1) is 0 Å². The molecule has 0 heterocycles. The molecule has 3 nitrogen and oxygen atoms in total. The van der Waals surface area contributed by atoms with Crippen LogP contribution in [0.25, 0.3) is 0 Å². The van der Waals surface area contributed by atoms with E-state index >= 15 is 0 Å². The van der Waals surface area contributed by atoms with E-state index in [1.165, 1.54) is 11.1 Å². The highest BCUT2D eigenvalue weighted by Gasteiger charge is 2.22. The number of aryl methyl sites for hydroxylation is 1. The second-order valence-electron chi connectivity index (χ2n) is 5.63. The van der Waals surface area contributed by atoms with Crippen molar-refractivity contribution in [1.82, 2.24) is 5.32 Å². The molecule has 1 unspecified atom stereocenters. The van der Waals surface area contributed by atoms with Crippen LogP contribution >= 0.6 is 11.8 Å². The summed E-state index contributed by atoms with van der Waals surface area (Å²) in [5.41, 5.74) is 2.65. The maximum Gasteiger partial charge on any atom is 0.221 e. The van der Waals surface area contributed by atoms with Crippen molar-refractivity contribution in [3.05, 3.63) is 59.7 Å². The standard InChI is InChI=1S/C19H21NO2S/c1-22-15-7-9-16(10-8-15)23-13-12-19(21)20-18-11-6-14-4-2-3-5-17(14)18/h2-5,7-10,18H,6,11-13H2,1H3,(H,20,21). The molecule has 0 aromatic heterocycles. The van der Waals surface area contributed by atoms with E-state index in [4.69, 9.17) is 4.74 Å². The number of nitrogens with one attached hydrogen (secondary N) is 1. The Morgan fingerprint density at radius 1 is 1.22 bits per heavy atom. The highest BCUT2D eigenvalue weighted by Crippen LogP contribution is 2.30. The number of thioether (sulfide) groups is 1. The Morgan fingerprint density at radius 2 is 2.00 bits per heavy atom. The summed E-state index contributed by atoms with van der Waals surface area (Å²) >= 11 is 1.70. The van der Waals surface area contributed by atoms with Gasteiger partial charge in [0, 0.05) is 17.1 Å². The van der Waals surface area contributed by atoms with Crippen LogP contribution < -0.4 is 10.1 Å². The van der Waals surface area contributed by atoms with E-state index in [1.54, 1.807) is 18.9 Å². The number of carbonyl (C=O) groups excluding carboxylic acids is 1. The van der Waals surface area contributed by atoms with E-state index in [0.29, 0.717) is 6.42 Å². The number of fused-ring (bicyclic) bond motifs is 1. The fourth-order valence-electron chi connectivity index (χ4n) is 2.91. The Bertz CT molecular complexity index is 669. The van der Waals surface area contributed by atoms with Crippen LogP contribution in [-0.4, -0.2) is 18.8 Å². The summed E-state index contributed by atoms with van der Waals surface area (Å²) in [5, 5.41) is 3.17. The third kappa shape index (κ3) is 4.08. The molecule has 0 spiro atoms. The fraction of sp³-hybridized carbons (Fsp3) is 0.316. The van der Waals surface area contributed by atoms with Gasteiger partial charge in [0.25, 0.3) is 0 Å². The minimum absolute atomic E-state index is 0.132. The van der Waals surface area contributed by atoms with Gasteiger partial charge in [-0.05, 0) is 48.2 Å². The highest BCUT2D eigenvalue weighted by molar-refractivity contribution is 7.99. The van der Waals surface area contributed by atoms with Crippen molar-refractivity contribution in [3.8, 4) is 5.75 Å². The van der Waals surface area contributed by atoms with E-state index in [9.17, 15) is 4.79 Å². The lowest BCUT2D eigenvalue weighted by Gasteiger charge is -2.14. The minimum Gasteiger partial charge on any atom is -0.497 e. The number of benzene rings is 2. The molecule has 4 heteroatoms. The first-order chi connectivity index (χ1) is 11.3. The summed E-state index contributed by atoms with van der Waals surface area (Å²) in [6, 6.07) is 16.5. The molecule has 1 aliphatic rings. The number of hydrogen-bond donors (Lipinski definition) is 1. The maximum absolute atomic E-state index is 12.2. The summed E-state index contributed by atoms with van der Waals surface area (Å²) in [6.45, 7) is 0. The SMILES string of the molecule is COc1ccc(SCCC(=O)NC2CCc3ccccc32)cc1. The Balaban J connectivity index is 1.45. The van der Waals surface area contributed by atoms with E-state index in [2.05, 4.69) is 23.5 Å². The van der Waals surface area contributed by atoms with Crippen LogP contribution in [0.5, 0.6) is 5.75 Å². The number of amides is 1. The van der Waals surface area contributed by atoms with Gasteiger partial charge in [0.1, 0.15) is 5.75 Å². The number of carbonyl (C=O) groups is 1. The average Bonchev–Trinajstić information content (AvgIpc) is 2.99. The van der Waals surface area contributed by atoms with Gasteiger partial charge in [-0.15, -0.1) is 11.8 Å². The van der Waals surface area contributed by atoms with Crippen LogP contribution in [0.4, 0.5) is 0 Å². The molecule has 2 aromatic carbocycles. The molecule has 2 aromatic rings. The maximum atomic E-state index is 12.2. The Kier molecular flexibility index (Phi) is 5.23. The van der Waals surface area contributed by atoms with Crippen molar-refractivity contribution in [1.29, 1.82) is 0 Å². The molecule has 1 amide bonds. The molecule has 3 rings (SSSR count). The first-order valence-corrected chi connectivity index (χ1v) is 8.89. The molecule has 0 saturated heterocycles. The monoisotopic (exact) mass is 327 g/mol. The fourth-order valence-corrected chi connectivity index (χ4v) is 3.76. The van der Waals surface area contributed by atoms with E-state index in [1.807, 2.05) is 30.3 Å². The quantitative estimate of drug-likeness (QED) is 0.816. The van der Waals surface area contributed by atoms with Gasteiger partial charge in [-0.1, -0.05) is 24.3 Å². The summed E-state index contributed by atoms with van der Waals surface area (Å²) < 4.78 is 5.14. The smallest absolute Gasteiger partial charge is 0.221 e. The second-order valence-corrected chi connectivity index (χ2v) is 6.80. The molecular weight excluding hydrogens is 306 g/mol. The van der Waals surface area contributed by atoms with Gasteiger partial charge in [-0.25, -0.2) is 0 Å². The molecule has 0 saturated carbocycles. The zero-order chi connectivity index (χ0) is 16.1. The largest absolute Gasteiger partial charge is 0.497 e. The molecule has 0 fully saturated rings. The number of hydrogen-bond acceptors (Lipinski definition) is 3. The predicted molar refractivity (Wildman–Crippen MR) is 94.0 cm³/mol. The van der Waals surface area contributed by atoms with E-state index in [-0.39, 0.29) is 11.9 Å². The van der Waals surface area contributed by atoms with E-state index in [0.717, 1.165) is 29.2 Å². The van der Waals surface area contributed by atoms with Crippen molar-refractivity contribution in [2.45, 2.75) is 30.2 Å². The lowest BCUT2D eigenvalue weighted by Crippen LogP contribution is -2.27. The normalized spacial score (nSPS) is 16.0. The van der Waals surface area contributed by atoms with Crippen molar-refractivity contribution < 1.29 is 9.53 Å². The number of methoxy groups -OCH3 is 1. The molecule has 1 aliphatic carbocycles. The second kappa shape index (κ2) is 7.55. The summed E-state index contributed by atoms with van der Waals surface area (Å²) in [7, 11) is 1.66. The van der Waals surface area contributed by atoms with Gasteiger partial charge in [0.15, 0.2) is 0 Å². The zero-order valence-corrected chi connectivity index (χ0v) is 14.1. The molecular formula is C19H21NO2S. The van der Waals surface area contributed by atoms with Gasteiger partial charge in [-0.2, -0.15) is 0 Å². The van der Waals surface area contributed by atoms with Crippen molar-refractivity contribution in [3.63, 3.8) is 0 Å². The Labute approximate surface area is 141 Å². The van der Waals surface area contributed by atoms with Crippen LogP contribution in [0.15, 0.2) is 53.4 Å². The van der Waals surface area contributed by atoms with Crippen molar-refractivity contribution >= 4 is 17.7 Å². The van der Waals surface area contributed by atoms with Crippen LogP contribution in [0.3, 0.4) is 0 Å². The summed E-state index contributed by atoms with van der Waals surface area (Å²) in [6.07, 6.45) is 2.60.